The van der Waals surface area contributed by atoms with Crippen molar-refractivity contribution in [2.24, 2.45) is 0 Å². The smallest absolute Gasteiger partial charge is 0.261 e. The van der Waals surface area contributed by atoms with Gasteiger partial charge in [0.15, 0.2) is 0 Å². The summed E-state index contributed by atoms with van der Waals surface area (Å²) in [5.41, 5.74) is 1.69. The highest BCUT2D eigenvalue weighted by molar-refractivity contribution is 7.92. The Kier molecular flexibility index (Phi) is 4.90. The molecule has 122 valence electrons. The van der Waals surface area contributed by atoms with Crippen LogP contribution in [0.5, 0.6) is 5.75 Å². The van der Waals surface area contributed by atoms with Crippen LogP contribution in [0.15, 0.2) is 47.4 Å². The van der Waals surface area contributed by atoms with Crippen molar-refractivity contribution in [3.63, 3.8) is 0 Å². The molecule has 2 rings (SSSR count). The number of amides is 1. The first-order valence-electron chi connectivity index (χ1n) is 6.87. The van der Waals surface area contributed by atoms with E-state index in [0.29, 0.717) is 22.7 Å². The number of hydrogen-bond donors (Lipinski definition) is 2. The van der Waals surface area contributed by atoms with Crippen LogP contribution in [-0.4, -0.2) is 21.4 Å². The van der Waals surface area contributed by atoms with Crippen LogP contribution in [-0.2, 0) is 14.8 Å². The van der Waals surface area contributed by atoms with Crippen LogP contribution in [0.2, 0.25) is 0 Å². The van der Waals surface area contributed by atoms with Crippen molar-refractivity contribution < 1.29 is 17.9 Å². The van der Waals surface area contributed by atoms with Crippen LogP contribution in [0.4, 0.5) is 11.4 Å². The molecule has 0 saturated carbocycles. The average Bonchev–Trinajstić information content (AvgIpc) is 2.49. The third-order valence-corrected chi connectivity index (χ3v) is 4.61. The lowest BCUT2D eigenvalue weighted by Gasteiger charge is -2.13. The molecule has 0 atom stereocenters. The second-order valence-electron chi connectivity index (χ2n) is 4.94. The van der Waals surface area contributed by atoms with Crippen molar-refractivity contribution in [3.8, 4) is 5.75 Å². The number of nitrogens with one attached hydrogen (secondary N) is 2. The summed E-state index contributed by atoms with van der Waals surface area (Å²) >= 11 is 0. The number of hydrogen-bond acceptors (Lipinski definition) is 4. The van der Waals surface area contributed by atoms with Crippen LogP contribution in [0.3, 0.4) is 0 Å². The van der Waals surface area contributed by atoms with Gasteiger partial charge >= 0.3 is 0 Å². The first kappa shape index (κ1) is 16.8. The zero-order valence-corrected chi connectivity index (χ0v) is 13.9. The van der Waals surface area contributed by atoms with Crippen LogP contribution in [0.25, 0.3) is 0 Å². The fraction of sp³-hybridized carbons (Fsp3) is 0.188. The van der Waals surface area contributed by atoms with Gasteiger partial charge in [-0.2, -0.15) is 0 Å². The summed E-state index contributed by atoms with van der Waals surface area (Å²) in [5, 5.41) is 2.59. The summed E-state index contributed by atoms with van der Waals surface area (Å²) in [6.45, 7) is 3.16. The molecule has 0 bridgehead atoms. The Morgan fingerprint density at radius 3 is 2.30 bits per heavy atom. The normalized spacial score (nSPS) is 10.9. The number of rotatable bonds is 5. The number of anilines is 2. The zero-order chi connectivity index (χ0) is 17.0. The maximum Gasteiger partial charge on any atom is 0.261 e. The summed E-state index contributed by atoms with van der Waals surface area (Å²) in [4.78, 5) is 11.1. The van der Waals surface area contributed by atoms with Gasteiger partial charge in [-0.15, -0.1) is 0 Å². The van der Waals surface area contributed by atoms with E-state index in [2.05, 4.69) is 10.0 Å². The molecule has 0 spiro atoms. The molecular weight excluding hydrogens is 316 g/mol. The molecule has 2 aromatic rings. The van der Waals surface area contributed by atoms with Crippen LogP contribution in [0.1, 0.15) is 12.5 Å². The highest BCUT2D eigenvalue weighted by atomic mass is 32.2. The van der Waals surface area contributed by atoms with Crippen LogP contribution >= 0.6 is 0 Å². The second kappa shape index (κ2) is 6.70. The van der Waals surface area contributed by atoms with E-state index >= 15 is 0 Å². The first-order chi connectivity index (χ1) is 10.8. The Morgan fingerprint density at radius 2 is 1.74 bits per heavy atom. The van der Waals surface area contributed by atoms with E-state index in [9.17, 15) is 13.2 Å². The molecule has 0 radical (unpaired) electrons. The van der Waals surface area contributed by atoms with Crippen molar-refractivity contribution in [2.75, 3.05) is 17.1 Å². The van der Waals surface area contributed by atoms with E-state index in [1.807, 2.05) is 0 Å². The number of benzene rings is 2. The van der Waals surface area contributed by atoms with Gasteiger partial charge in [0.1, 0.15) is 5.75 Å². The van der Waals surface area contributed by atoms with Crippen molar-refractivity contribution in [1.82, 2.24) is 0 Å². The number of ether oxygens (including phenoxy) is 1. The van der Waals surface area contributed by atoms with Crippen molar-refractivity contribution in [3.05, 3.63) is 48.0 Å². The average molecular weight is 334 g/mol. The van der Waals surface area contributed by atoms with Gasteiger partial charge in [-0.05, 0) is 43.3 Å². The quantitative estimate of drug-likeness (QED) is 0.880. The molecule has 0 aliphatic heterocycles. The second-order valence-corrected chi connectivity index (χ2v) is 6.63. The summed E-state index contributed by atoms with van der Waals surface area (Å²) in [7, 11) is -2.20. The van der Waals surface area contributed by atoms with Gasteiger partial charge in [-0.25, -0.2) is 8.42 Å². The van der Waals surface area contributed by atoms with Gasteiger partial charge in [0, 0.05) is 18.2 Å². The standard InChI is InChI=1S/C16H18N2O4S/c1-11-15(5-4-6-16(11)22-3)18-23(20,21)14-9-7-13(8-10-14)17-12(2)19/h4-10,18H,1-3H3,(H,17,19). The predicted octanol–water partition coefficient (Wildman–Crippen LogP) is 2.76. The van der Waals surface area contributed by atoms with Gasteiger partial charge in [0.25, 0.3) is 10.0 Å². The largest absolute Gasteiger partial charge is 0.496 e. The van der Waals surface area contributed by atoms with E-state index in [4.69, 9.17) is 4.74 Å². The van der Waals surface area contributed by atoms with Crippen molar-refractivity contribution >= 4 is 27.3 Å². The first-order valence-corrected chi connectivity index (χ1v) is 8.36. The molecule has 1 amide bonds. The van der Waals surface area contributed by atoms with Crippen LogP contribution < -0.4 is 14.8 Å². The van der Waals surface area contributed by atoms with Gasteiger partial charge in [0.05, 0.1) is 17.7 Å². The minimum absolute atomic E-state index is 0.105. The fourth-order valence-electron chi connectivity index (χ4n) is 2.07. The van der Waals surface area contributed by atoms with E-state index in [-0.39, 0.29) is 10.8 Å². The molecular formula is C16H18N2O4S. The molecule has 0 aliphatic carbocycles. The monoisotopic (exact) mass is 334 g/mol. The minimum Gasteiger partial charge on any atom is -0.496 e. The molecule has 0 unspecified atom stereocenters. The maximum absolute atomic E-state index is 12.4. The summed E-state index contributed by atoms with van der Waals surface area (Å²) < 4.78 is 32.6. The molecule has 6 nitrogen and oxygen atoms in total. The highest BCUT2D eigenvalue weighted by Crippen LogP contribution is 2.27. The molecule has 23 heavy (non-hydrogen) atoms. The lowest BCUT2D eigenvalue weighted by molar-refractivity contribution is -0.114. The summed E-state index contributed by atoms with van der Waals surface area (Å²) in [5.74, 6) is 0.386. The van der Waals surface area contributed by atoms with E-state index in [1.165, 1.54) is 38.3 Å². The lowest BCUT2D eigenvalue weighted by Crippen LogP contribution is -2.14. The molecule has 0 heterocycles. The highest BCUT2D eigenvalue weighted by Gasteiger charge is 2.16. The van der Waals surface area contributed by atoms with E-state index in [0.717, 1.165) is 0 Å². The Hall–Kier alpha value is -2.54. The Morgan fingerprint density at radius 1 is 1.09 bits per heavy atom. The molecule has 0 aromatic heterocycles. The third kappa shape index (κ3) is 4.01. The Labute approximate surface area is 135 Å². The van der Waals surface area contributed by atoms with E-state index < -0.39 is 10.0 Å². The Balaban J connectivity index is 2.27. The topological polar surface area (TPSA) is 84.5 Å². The SMILES string of the molecule is COc1cccc(NS(=O)(=O)c2ccc(NC(C)=O)cc2)c1C. The molecule has 0 fully saturated rings. The number of methoxy groups -OCH3 is 1. The molecule has 2 N–H and O–H groups in total. The fourth-order valence-corrected chi connectivity index (χ4v) is 3.19. The zero-order valence-electron chi connectivity index (χ0n) is 13.1. The van der Waals surface area contributed by atoms with Gasteiger partial charge < -0.3 is 10.1 Å². The van der Waals surface area contributed by atoms with E-state index in [1.54, 1.807) is 25.1 Å². The molecule has 0 saturated heterocycles. The van der Waals surface area contributed by atoms with Gasteiger partial charge in [-0.3, -0.25) is 9.52 Å². The van der Waals surface area contributed by atoms with Crippen molar-refractivity contribution in [1.29, 1.82) is 0 Å². The molecule has 2 aromatic carbocycles. The molecule has 0 aliphatic rings. The maximum atomic E-state index is 12.4. The third-order valence-electron chi connectivity index (χ3n) is 3.23. The minimum atomic E-state index is -3.72. The number of carbonyl (C=O) groups excluding carboxylic acids is 1. The predicted molar refractivity (Wildman–Crippen MR) is 89.3 cm³/mol. The number of sulfonamides is 1. The number of carbonyl (C=O) groups is 1. The van der Waals surface area contributed by atoms with Gasteiger partial charge in [0.2, 0.25) is 5.91 Å². The molecule has 7 heteroatoms. The van der Waals surface area contributed by atoms with Crippen molar-refractivity contribution in [2.45, 2.75) is 18.7 Å². The summed E-state index contributed by atoms with van der Waals surface area (Å²) in [6, 6.07) is 11.1. The lowest BCUT2D eigenvalue weighted by atomic mass is 10.2. The summed E-state index contributed by atoms with van der Waals surface area (Å²) in [6.07, 6.45) is 0. The van der Waals surface area contributed by atoms with Crippen LogP contribution in [0, 0.1) is 6.92 Å². The van der Waals surface area contributed by atoms with Gasteiger partial charge in [-0.1, -0.05) is 6.07 Å². The Bertz CT molecular complexity index is 814.